The number of carbonyl (C=O) groups excluding carboxylic acids is 1. The number of hydrogen-bond donors (Lipinski definition) is 2. The lowest BCUT2D eigenvalue weighted by atomic mass is 10.1. The highest BCUT2D eigenvalue weighted by atomic mass is 16.6. The van der Waals surface area contributed by atoms with Gasteiger partial charge in [-0.3, -0.25) is 0 Å². The van der Waals surface area contributed by atoms with E-state index in [0.29, 0.717) is 6.54 Å². The Morgan fingerprint density at radius 1 is 1.42 bits per heavy atom. The number of amides is 2. The van der Waals surface area contributed by atoms with Crippen LogP contribution in [0.4, 0.5) is 10.5 Å². The third kappa shape index (κ3) is 3.47. The summed E-state index contributed by atoms with van der Waals surface area (Å²) < 4.78 is 0. The second-order valence-electron chi connectivity index (χ2n) is 4.84. The maximum Gasteiger partial charge on any atom is 0.319 e. The lowest BCUT2D eigenvalue weighted by Crippen LogP contribution is -2.35. The van der Waals surface area contributed by atoms with E-state index in [1.54, 1.807) is 0 Å². The van der Waals surface area contributed by atoms with Crippen molar-refractivity contribution in [3.8, 4) is 0 Å². The molecule has 5 nitrogen and oxygen atoms in total. The topological polar surface area (TPSA) is 62.7 Å². The predicted molar refractivity (Wildman–Crippen MR) is 75.5 cm³/mol. The van der Waals surface area contributed by atoms with Gasteiger partial charge in [0.2, 0.25) is 0 Å². The zero-order chi connectivity index (χ0) is 13.8. The molecule has 1 aromatic rings. The predicted octanol–water partition coefficient (Wildman–Crippen LogP) is 2.59. The Morgan fingerprint density at radius 2 is 2.21 bits per heavy atom. The van der Waals surface area contributed by atoms with Crippen molar-refractivity contribution in [2.75, 3.05) is 11.9 Å². The number of rotatable bonds is 3. The highest BCUT2D eigenvalue weighted by Crippen LogP contribution is 2.17. The minimum atomic E-state index is -0.221. The van der Waals surface area contributed by atoms with Gasteiger partial charge >= 0.3 is 6.03 Å². The molecule has 1 atom stereocenters. The van der Waals surface area contributed by atoms with Gasteiger partial charge < -0.3 is 15.5 Å². The van der Waals surface area contributed by atoms with Crippen LogP contribution in [0.5, 0.6) is 0 Å². The van der Waals surface area contributed by atoms with E-state index in [4.69, 9.17) is 4.84 Å². The van der Waals surface area contributed by atoms with Crippen molar-refractivity contribution in [1.82, 2.24) is 5.32 Å². The Balaban J connectivity index is 1.83. The fourth-order valence-electron chi connectivity index (χ4n) is 1.94. The molecule has 2 N–H and O–H groups in total. The second kappa shape index (κ2) is 5.73. The summed E-state index contributed by atoms with van der Waals surface area (Å²) in [6.45, 7) is 6.38. The van der Waals surface area contributed by atoms with Gasteiger partial charge in [-0.05, 0) is 38.0 Å². The molecule has 0 saturated heterocycles. The van der Waals surface area contributed by atoms with E-state index < -0.39 is 0 Å². The third-order valence-electron chi connectivity index (χ3n) is 3.22. The van der Waals surface area contributed by atoms with Crippen LogP contribution < -0.4 is 10.6 Å². The number of carbonyl (C=O) groups is 1. The third-order valence-corrected chi connectivity index (χ3v) is 3.22. The monoisotopic (exact) mass is 261 g/mol. The normalized spacial score (nSPS) is 17.6. The van der Waals surface area contributed by atoms with Gasteiger partial charge in [-0.1, -0.05) is 17.3 Å². The number of benzene rings is 1. The van der Waals surface area contributed by atoms with Crippen LogP contribution in [0.2, 0.25) is 0 Å². The van der Waals surface area contributed by atoms with Crippen LogP contribution in [0.25, 0.3) is 0 Å². The van der Waals surface area contributed by atoms with Crippen LogP contribution in [0.3, 0.4) is 0 Å². The van der Waals surface area contributed by atoms with Crippen LogP contribution >= 0.6 is 0 Å². The van der Waals surface area contributed by atoms with Gasteiger partial charge in [-0.2, -0.15) is 0 Å². The molecule has 1 aliphatic heterocycles. The van der Waals surface area contributed by atoms with Crippen LogP contribution in [-0.4, -0.2) is 24.4 Å². The molecule has 5 heteroatoms. The van der Waals surface area contributed by atoms with E-state index in [-0.39, 0.29) is 12.1 Å². The van der Waals surface area contributed by atoms with Crippen LogP contribution in [-0.2, 0) is 4.84 Å². The summed E-state index contributed by atoms with van der Waals surface area (Å²) in [5.74, 6) is 0. The molecular formula is C14H19N3O2. The molecule has 0 radical (unpaired) electrons. The number of nitrogens with one attached hydrogen (secondary N) is 2. The first kappa shape index (κ1) is 13.4. The summed E-state index contributed by atoms with van der Waals surface area (Å²) in [6.07, 6.45) is 0.716. The summed E-state index contributed by atoms with van der Waals surface area (Å²) in [5.41, 5.74) is 4.02. The first-order chi connectivity index (χ1) is 9.06. The fraction of sp³-hybridized carbons (Fsp3) is 0.429. The highest BCUT2D eigenvalue weighted by molar-refractivity contribution is 5.90. The van der Waals surface area contributed by atoms with Crippen molar-refractivity contribution in [2.45, 2.75) is 33.3 Å². The van der Waals surface area contributed by atoms with Gasteiger partial charge in [-0.15, -0.1) is 0 Å². The summed E-state index contributed by atoms with van der Waals surface area (Å²) >= 11 is 0. The number of oxime groups is 1. The average molecular weight is 261 g/mol. The minimum Gasteiger partial charge on any atom is -0.390 e. The van der Waals surface area contributed by atoms with Crippen LogP contribution in [0, 0.1) is 13.8 Å². The zero-order valence-electron chi connectivity index (χ0n) is 11.5. The van der Waals surface area contributed by atoms with E-state index >= 15 is 0 Å². The van der Waals surface area contributed by atoms with E-state index in [1.165, 1.54) is 0 Å². The van der Waals surface area contributed by atoms with E-state index in [2.05, 4.69) is 15.8 Å². The molecule has 2 amide bonds. The zero-order valence-corrected chi connectivity index (χ0v) is 11.5. The van der Waals surface area contributed by atoms with Crippen molar-refractivity contribution in [3.05, 3.63) is 29.3 Å². The minimum absolute atomic E-state index is 0.0515. The molecule has 1 unspecified atom stereocenters. The van der Waals surface area contributed by atoms with Gasteiger partial charge in [0, 0.05) is 12.1 Å². The molecule has 0 aromatic heterocycles. The van der Waals surface area contributed by atoms with Crippen molar-refractivity contribution in [2.24, 2.45) is 5.16 Å². The van der Waals surface area contributed by atoms with Gasteiger partial charge in [0.15, 0.2) is 0 Å². The number of nitrogens with zero attached hydrogens (tertiary/aromatic N) is 1. The van der Waals surface area contributed by atoms with Gasteiger partial charge in [0.05, 0.1) is 12.3 Å². The van der Waals surface area contributed by atoms with Crippen molar-refractivity contribution in [1.29, 1.82) is 0 Å². The Morgan fingerprint density at radius 3 is 2.89 bits per heavy atom. The Bertz CT molecular complexity index is 511. The number of aryl methyl sites for hydroxylation is 1. The molecule has 2 rings (SSSR count). The summed E-state index contributed by atoms with van der Waals surface area (Å²) in [7, 11) is 0. The molecule has 0 saturated carbocycles. The maximum atomic E-state index is 11.8. The molecule has 1 aromatic carbocycles. The Kier molecular flexibility index (Phi) is 4.04. The molecule has 1 aliphatic rings. The number of anilines is 1. The molecule has 0 aliphatic carbocycles. The molecule has 102 valence electrons. The molecule has 0 spiro atoms. The van der Waals surface area contributed by atoms with Gasteiger partial charge in [0.1, 0.15) is 6.10 Å². The molecular weight excluding hydrogens is 242 g/mol. The summed E-state index contributed by atoms with van der Waals surface area (Å²) in [4.78, 5) is 17.0. The highest BCUT2D eigenvalue weighted by Gasteiger charge is 2.18. The summed E-state index contributed by atoms with van der Waals surface area (Å²) in [5, 5.41) is 9.49. The van der Waals surface area contributed by atoms with E-state index in [9.17, 15) is 4.79 Å². The lowest BCUT2D eigenvalue weighted by Gasteiger charge is -2.13. The quantitative estimate of drug-likeness (QED) is 0.878. The first-order valence-electron chi connectivity index (χ1n) is 6.36. The van der Waals surface area contributed by atoms with Gasteiger partial charge in [-0.25, -0.2) is 4.79 Å². The van der Waals surface area contributed by atoms with Crippen molar-refractivity contribution >= 4 is 17.4 Å². The van der Waals surface area contributed by atoms with E-state index in [1.807, 2.05) is 39.0 Å². The molecule has 0 fully saturated rings. The maximum absolute atomic E-state index is 11.8. The van der Waals surface area contributed by atoms with Crippen LogP contribution in [0.1, 0.15) is 24.5 Å². The Labute approximate surface area is 113 Å². The largest absolute Gasteiger partial charge is 0.390 e. The standard InChI is InChI=1S/C14H19N3O2/c1-9-5-4-6-13(11(9)3)16-14(18)15-8-12-7-10(2)17-19-12/h4-6,12H,7-8H2,1-3H3,(H2,15,16,18). The van der Waals surface area contributed by atoms with E-state index in [0.717, 1.165) is 28.9 Å². The smallest absolute Gasteiger partial charge is 0.319 e. The SMILES string of the molecule is CC1=NOC(CNC(=O)Nc2cccc(C)c2C)C1. The number of hydrogen-bond acceptors (Lipinski definition) is 3. The molecule has 0 bridgehead atoms. The molecule has 1 heterocycles. The molecule has 19 heavy (non-hydrogen) atoms. The van der Waals surface area contributed by atoms with Crippen molar-refractivity contribution < 1.29 is 9.63 Å². The van der Waals surface area contributed by atoms with Crippen LogP contribution in [0.15, 0.2) is 23.4 Å². The fourth-order valence-corrected chi connectivity index (χ4v) is 1.94. The van der Waals surface area contributed by atoms with Gasteiger partial charge in [0.25, 0.3) is 0 Å². The van der Waals surface area contributed by atoms with Crippen molar-refractivity contribution in [3.63, 3.8) is 0 Å². The number of urea groups is 1. The first-order valence-corrected chi connectivity index (χ1v) is 6.36. The lowest BCUT2D eigenvalue weighted by molar-refractivity contribution is 0.0870. The average Bonchev–Trinajstić information content (AvgIpc) is 2.78. The summed E-state index contributed by atoms with van der Waals surface area (Å²) in [6, 6.07) is 5.61. The Hall–Kier alpha value is -2.04. The second-order valence-corrected chi connectivity index (χ2v) is 4.84.